The van der Waals surface area contributed by atoms with Gasteiger partial charge in [0.05, 0.1) is 30.5 Å². The molecule has 0 saturated carbocycles. The minimum Gasteiger partial charge on any atom is -0.378 e. The molecule has 7 heteroatoms. The van der Waals surface area contributed by atoms with Crippen LogP contribution in [0.3, 0.4) is 0 Å². The number of hydrogen-bond acceptors (Lipinski definition) is 4. The molecule has 6 nitrogen and oxygen atoms in total. The van der Waals surface area contributed by atoms with Gasteiger partial charge in [-0.15, -0.1) is 0 Å². The van der Waals surface area contributed by atoms with Gasteiger partial charge in [0, 0.05) is 37.6 Å². The Hall–Kier alpha value is -2.57. The SMILES string of the molecule is O=C(Nc1ccccc1N1CCOCC1)[C@H]1CC(=O)N(Cc2ccccc2Cl)C1. The topological polar surface area (TPSA) is 61.9 Å². The van der Waals surface area contributed by atoms with Gasteiger partial charge in [-0.05, 0) is 23.8 Å². The van der Waals surface area contributed by atoms with Gasteiger partial charge in [-0.2, -0.15) is 0 Å². The summed E-state index contributed by atoms with van der Waals surface area (Å²) in [4.78, 5) is 29.3. The van der Waals surface area contributed by atoms with Crippen molar-refractivity contribution in [3.63, 3.8) is 0 Å². The second kappa shape index (κ2) is 8.84. The molecule has 0 bridgehead atoms. The number of amides is 2. The van der Waals surface area contributed by atoms with Crippen molar-refractivity contribution in [2.45, 2.75) is 13.0 Å². The van der Waals surface area contributed by atoms with Crippen LogP contribution in [0.5, 0.6) is 0 Å². The van der Waals surface area contributed by atoms with Crippen molar-refractivity contribution in [2.24, 2.45) is 5.92 Å². The summed E-state index contributed by atoms with van der Waals surface area (Å²) in [5.41, 5.74) is 2.65. The van der Waals surface area contributed by atoms with Crippen LogP contribution in [0.4, 0.5) is 11.4 Å². The molecule has 1 N–H and O–H groups in total. The number of nitrogens with one attached hydrogen (secondary N) is 1. The lowest BCUT2D eigenvalue weighted by atomic mass is 10.1. The van der Waals surface area contributed by atoms with Crippen molar-refractivity contribution < 1.29 is 14.3 Å². The smallest absolute Gasteiger partial charge is 0.229 e. The summed E-state index contributed by atoms with van der Waals surface area (Å²) in [5.74, 6) is -0.519. The maximum absolute atomic E-state index is 12.9. The average Bonchev–Trinajstić information content (AvgIpc) is 3.11. The normalized spacial score (nSPS) is 19.5. The number of morpholine rings is 1. The molecule has 152 valence electrons. The molecule has 0 aromatic heterocycles. The Morgan fingerprint density at radius 3 is 2.62 bits per heavy atom. The molecule has 0 radical (unpaired) electrons. The van der Waals surface area contributed by atoms with Gasteiger partial charge in [-0.3, -0.25) is 9.59 Å². The Morgan fingerprint density at radius 1 is 1.10 bits per heavy atom. The lowest BCUT2D eigenvalue weighted by molar-refractivity contribution is -0.128. The third-order valence-electron chi connectivity index (χ3n) is 5.42. The van der Waals surface area contributed by atoms with E-state index in [4.69, 9.17) is 16.3 Å². The number of likely N-dealkylation sites (tertiary alicyclic amines) is 1. The molecular formula is C22H24ClN3O3. The van der Waals surface area contributed by atoms with E-state index in [1.165, 1.54) is 0 Å². The summed E-state index contributed by atoms with van der Waals surface area (Å²) in [7, 11) is 0. The van der Waals surface area contributed by atoms with E-state index in [0.29, 0.717) is 31.3 Å². The molecule has 2 heterocycles. The maximum atomic E-state index is 12.9. The summed E-state index contributed by atoms with van der Waals surface area (Å²) in [6.45, 7) is 3.76. The zero-order chi connectivity index (χ0) is 20.2. The van der Waals surface area contributed by atoms with Crippen LogP contribution in [0.2, 0.25) is 5.02 Å². The minimum absolute atomic E-state index is 0.0217. The van der Waals surface area contributed by atoms with Crippen LogP contribution >= 0.6 is 11.6 Å². The van der Waals surface area contributed by atoms with Crippen molar-refractivity contribution in [3.05, 3.63) is 59.1 Å². The lowest BCUT2D eigenvalue weighted by Gasteiger charge is -2.30. The molecule has 2 aliphatic rings. The number of rotatable bonds is 5. The molecule has 0 unspecified atom stereocenters. The van der Waals surface area contributed by atoms with E-state index in [0.717, 1.165) is 30.0 Å². The van der Waals surface area contributed by atoms with Crippen LogP contribution in [0.15, 0.2) is 48.5 Å². The summed E-state index contributed by atoms with van der Waals surface area (Å²) in [6.07, 6.45) is 0.218. The van der Waals surface area contributed by atoms with E-state index in [-0.39, 0.29) is 24.2 Å². The highest BCUT2D eigenvalue weighted by molar-refractivity contribution is 6.31. The van der Waals surface area contributed by atoms with Gasteiger partial charge in [-0.25, -0.2) is 0 Å². The van der Waals surface area contributed by atoms with Crippen LogP contribution < -0.4 is 10.2 Å². The van der Waals surface area contributed by atoms with E-state index in [2.05, 4.69) is 10.2 Å². The van der Waals surface area contributed by atoms with E-state index >= 15 is 0 Å². The first-order valence-electron chi connectivity index (χ1n) is 9.85. The number of para-hydroxylation sites is 2. The van der Waals surface area contributed by atoms with E-state index in [9.17, 15) is 9.59 Å². The third kappa shape index (κ3) is 4.54. The highest BCUT2D eigenvalue weighted by Gasteiger charge is 2.34. The molecule has 1 atom stereocenters. The Bertz CT molecular complexity index is 898. The second-order valence-electron chi connectivity index (χ2n) is 7.37. The van der Waals surface area contributed by atoms with Crippen LogP contribution in [-0.2, 0) is 20.9 Å². The second-order valence-corrected chi connectivity index (χ2v) is 7.78. The minimum atomic E-state index is -0.372. The Labute approximate surface area is 175 Å². The fourth-order valence-corrected chi connectivity index (χ4v) is 4.02. The standard InChI is InChI=1S/C22H24ClN3O3/c23-18-6-2-1-5-16(18)14-26-15-17(13-21(26)27)22(28)24-19-7-3-4-8-20(19)25-9-11-29-12-10-25/h1-8,17H,9-15H2,(H,24,28)/t17-/m0/s1. The number of nitrogens with zero attached hydrogens (tertiary/aromatic N) is 2. The quantitative estimate of drug-likeness (QED) is 0.817. The third-order valence-corrected chi connectivity index (χ3v) is 5.79. The van der Waals surface area contributed by atoms with Crippen LogP contribution in [0, 0.1) is 5.92 Å². The largest absolute Gasteiger partial charge is 0.378 e. The van der Waals surface area contributed by atoms with Gasteiger partial charge in [-0.1, -0.05) is 41.9 Å². The van der Waals surface area contributed by atoms with Crippen molar-refractivity contribution in [3.8, 4) is 0 Å². The molecule has 4 rings (SSSR count). The van der Waals surface area contributed by atoms with Gasteiger partial charge in [0.25, 0.3) is 0 Å². The first kappa shape index (κ1) is 19.7. The molecule has 2 aromatic carbocycles. The summed E-state index contributed by atoms with van der Waals surface area (Å²) < 4.78 is 5.42. The summed E-state index contributed by atoms with van der Waals surface area (Å²) in [5, 5.41) is 3.67. The number of carbonyl (C=O) groups excluding carboxylic acids is 2. The predicted molar refractivity (Wildman–Crippen MR) is 113 cm³/mol. The molecule has 2 aromatic rings. The first-order chi connectivity index (χ1) is 14.1. The number of ether oxygens (including phenoxy) is 1. The van der Waals surface area contributed by atoms with Crippen LogP contribution in [0.25, 0.3) is 0 Å². The summed E-state index contributed by atoms with van der Waals surface area (Å²) >= 11 is 6.22. The van der Waals surface area contributed by atoms with Crippen LogP contribution in [0.1, 0.15) is 12.0 Å². The molecule has 2 aliphatic heterocycles. The van der Waals surface area contributed by atoms with Gasteiger partial charge in [0.1, 0.15) is 0 Å². The first-order valence-corrected chi connectivity index (χ1v) is 10.2. The number of halogens is 1. The van der Waals surface area contributed by atoms with Crippen molar-refractivity contribution in [2.75, 3.05) is 43.1 Å². The molecule has 29 heavy (non-hydrogen) atoms. The van der Waals surface area contributed by atoms with Crippen molar-refractivity contribution >= 4 is 34.8 Å². The van der Waals surface area contributed by atoms with Gasteiger partial charge >= 0.3 is 0 Å². The fraction of sp³-hybridized carbons (Fsp3) is 0.364. The highest BCUT2D eigenvalue weighted by Crippen LogP contribution is 2.29. The molecule has 0 aliphatic carbocycles. The van der Waals surface area contributed by atoms with Gasteiger partial charge in [0.15, 0.2) is 0 Å². The molecule has 2 fully saturated rings. The maximum Gasteiger partial charge on any atom is 0.229 e. The number of anilines is 2. The number of benzene rings is 2. The predicted octanol–water partition coefficient (Wildman–Crippen LogP) is 3.16. The van der Waals surface area contributed by atoms with Crippen molar-refractivity contribution in [1.82, 2.24) is 4.90 Å². The highest BCUT2D eigenvalue weighted by atomic mass is 35.5. The monoisotopic (exact) mass is 413 g/mol. The Balaban J connectivity index is 1.42. The van der Waals surface area contributed by atoms with E-state index in [1.54, 1.807) is 4.90 Å². The van der Waals surface area contributed by atoms with Gasteiger partial charge in [0.2, 0.25) is 11.8 Å². The molecule has 0 spiro atoms. The average molecular weight is 414 g/mol. The molecular weight excluding hydrogens is 390 g/mol. The number of hydrogen-bond donors (Lipinski definition) is 1. The zero-order valence-corrected chi connectivity index (χ0v) is 16.9. The zero-order valence-electron chi connectivity index (χ0n) is 16.1. The molecule has 2 amide bonds. The van der Waals surface area contributed by atoms with Crippen LogP contribution in [-0.4, -0.2) is 49.6 Å². The Kier molecular flexibility index (Phi) is 6.02. The van der Waals surface area contributed by atoms with Crippen molar-refractivity contribution in [1.29, 1.82) is 0 Å². The summed E-state index contributed by atoms with van der Waals surface area (Å²) in [6, 6.07) is 15.2. The number of carbonyl (C=O) groups is 2. The van der Waals surface area contributed by atoms with E-state index in [1.807, 2.05) is 48.5 Å². The van der Waals surface area contributed by atoms with Gasteiger partial charge < -0.3 is 19.9 Å². The Morgan fingerprint density at radius 2 is 1.83 bits per heavy atom. The fourth-order valence-electron chi connectivity index (χ4n) is 3.83. The van der Waals surface area contributed by atoms with E-state index < -0.39 is 0 Å². The lowest BCUT2D eigenvalue weighted by Crippen LogP contribution is -2.37. The molecule has 2 saturated heterocycles.